The molecule has 0 fully saturated rings. The minimum absolute atomic E-state index is 0.227. The second kappa shape index (κ2) is 7.09. The number of rotatable bonds is 5. The molecule has 0 aliphatic rings. The molecule has 4 aromatic rings. The van der Waals surface area contributed by atoms with Crippen molar-refractivity contribution in [2.45, 2.75) is 13.3 Å². The van der Waals surface area contributed by atoms with Crippen molar-refractivity contribution in [3.63, 3.8) is 0 Å². The van der Waals surface area contributed by atoms with Crippen molar-refractivity contribution in [3.05, 3.63) is 66.1 Å². The summed E-state index contributed by atoms with van der Waals surface area (Å²) in [5, 5.41) is 3.29. The smallest absolute Gasteiger partial charge is 0.310 e. The molecule has 0 saturated carbocycles. The first-order chi connectivity index (χ1) is 12.7. The Kier molecular flexibility index (Phi) is 4.50. The van der Waals surface area contributed by atoms with E-state index in [1.807, 2.05) is 35.2 Å². The zero-order valence-corrected chi connectivity index (χ0v) is 15.1. The molecule has 3 heterocycles. The molecule has 130 valence electrons. The highest BCUT2D eigenvalue weighted by atomic mass is 32.1. The summed E-state index contributed by atoms with van der Waals surface area (Å²) >= 11 is 1.70. The number of aromatic nitrogens is 3. The number of hydrogen-bond donors (Lipinski definition) is 0. The van der Waals surface area contributed by atoms with Crippen molar-refractivity contribution < 1.29 is 9.53 Å². The van der Waals surface area contributed by atoms with Gasteiger partial charge in [0.25, 0.3) is 0 Å². The summed E-state index contributed by atoms with van der Waals surface area (Å²) in [6, 6.07) is 10.2. The number of hydrogen-bond acceptors (Lipinski definition) is 5. The van der Waals surface area contributed by atoms with Crippen LogP contribution in [0.5, 0.6) is 0 Å². The Bertz CT molecular complexity index is 1070. The summed E-state index contributed by atoms with van der Waals surface area (Å²) in [4.78, 5) is 20.7. The summed E-state index contributed by atoms with van der Waals surface area (Å²) in [6.45, 7) is 2.19. The van der Waals surface area contributed by atoms with Crippen LogP contribution in [0.15, 0.2) is 60.5 Å². The Morgan fingerprint density at radius 3 is 3.00 bits per heavy atom. The number of thiophene rings is 1. The third-order valence-corrected chi connectivity index (χ3v) is 5.01. The van der Waals surface area contributed by atoms with Gasteiger partial charge in [-0.2, -0.15) is 0 Å². The Morgan fingerprint density at radius 2 is 2.12 bits per heavy atom. The molecule has 1 aromatic carbocycles. The van der Waals surface area contributed by atoms with Gasteiger partial charge in [0.1, 0.15) is 0 Å². The normalized spacial score (nSPS) is 11.0. The number of esters is 1. The van der Waals surface area contributed by atoms with E-state index in [1.54, 1.807) is 30.7 Å². The van der Waals surface area contributed by atoms with Gasteiger partial charge in [-0.15, -0.1) is 11.3 Å². The Hall–Kier alpha value is -2.99. The first-order valence-electron chi connectivity index (χ1n) is 8.36. The monoisotopic (exact) mass is 363 g/mol. The quantitative estimate of drug-likeness (QED) is 0.497. The number of nitrogens with zero attached hydrogens (tertiary/aromatic N) is 3. The molecule has 0 atom stereocenters. The van der Waals surface area contributed by atoms with Gasteiger partial charge >= 0.3 is 5.97 Å². The molecule has 0 aliphatic heterocycles. The maximum absolute atomic E-state index is 11.6. The van der Waals surface area contributed by atoms with Crippen LogP contribution in [-0.2, 0) is 16.0 Å². The fraction of sp³-hybridized carbons (Fsp3) is 0.150. The third kappa shape index (κ3) is 3.23. The van der Waals surface area contributed by atoms with Gasteiger partial charge in [0.2, 0.25) is 0 Å². The largest absolute Gasteiger partial charge is 0.466 e. The highest BCUT2D eigenvalue weighted by molar-refractivity contribution is 7.17. The lowest BCUT2D eigenvalue weighted by Crippen LogP contribution is -2.06. The molecular weight excluding hydrogens is 346 g/mol. The van der Waals surface area contributed by atoms with Gasteiger partial charge in [-0.25, -0.2) is 4.98 Å². The molecule has 0 N–H and O–H groups in total. The van der Waals surface area contributed by atoms with Crippen LogP contribution in [0, 0.1) is 0 Å². The first kappa shape index (κ1) is 16.5. The molecule has 0 unspecified atom stereocenters. The number of benzene rings is 1. The van der Waals surface area contributed by atoms with Crippen LogP contribution in [0.3, 0.4) is 0 Å². The van der Waals surface area contributed by atoms with Gasteiger partial charge in [-0.1, -0.05) is 18.2 Å². The van der Waals surface area contributed by atoms with E-state index in [-0.39, 0.29) is 12.4 Å². The molecule has 0 saturated heterocycles. The predicted molar refractivity (Wildman–Crippen MR) is 103 cm³/mol. The van der Waals surface area contributed by atoms with Crippen LogP contribution in [0.2, 0.25) is 0 Å². The average Bonchev–Trinajstić information content (AvgIpc) is 3.29. The van der Waals surface area contributed by atoms with Crippen molar-refractivity contribution >= 4 is 27.4 Å². The van der Waals surface area contributed by atoms with E-state index in [0.717, 1.165) is 16.8 Å². The van der Waals surface area contributed by atoms with Gasteiger partial charge in [-0.3, -0.25) is 9.78 Å². The van der Waals surface area contributed by atoms with Gasteiger partial charge in [-0.05, 0) is 24.6 Å². The SMILES string of the molecule is CCOC(=O)Cc1ccn(-c2cncc(-c3csc4ccccc34)n2)c1. The summed E-state index contributed by atoms with van der Waals surface area (Å²) in [6.07, 6.45) is 7.51. The van der Waals surface area contributed by atoms with E-state index >= 15 is 0 Å². The van der Waals surface area contributed by atoms with E-state index < -0.39 is 0 Å². The standard InChI is InChI=1S/C20H17N3O2S/c1-2-25-20(24)9-14-7-8-23(12-14)19-11-21-10-17(22-19)16-13-26-18-6-4-3-5-15(16)18/h3-8,10-13H,2,9H2,1H3. The molecule has 4 rings (SSSR count). The summed E-state index contributed by atoms with van der Waals surface area (Å²) in [7, 11) is 0. The molecule has 0 radical (unpaired) electrons. The highest BCUT2D eigenvalue weighted by Crippen LogP contribution is 2.32. The number of fused-ring (bicyclic) bond motifs is 1. The molecule has 6 heteroatoms. The number of carbonyl (C=O) groups is 1. The van der Waals surface area contributed by atoms with Gasteiger partial charge < -0.3 is 9.30 Å². The predicted octanol–water partition coefficient (Wildman–Crippen LogP) is 4.25. The Balaban J connectivity index is 1.64. The minimum atomic E-state index is -0.227. The molecule has 5 nitrogen and oxygen atoms in total. The van der Waals surface area contributed by atoms with Crippen LogP contribution in [0.1, 0.15) is 12.5 Å². The fourth-order valence-corrected chi connectivity index (χ4v) is 3.81. The third-order valence-electron chi connectivity index (χ3n) is 4.05. The van der Waals surface area contributed by atoms with Crippen LogP contribution in [0.4, 0.5) is 0 Å². The zero-order valence-electron chi connectivity index (χ0n) is 14.3. The maximum atomic E-state index is 11.6. The molecule has 26 heavy (non-hydrogen) atoms. The van der Waals surface area contributed by atoms with Crippen molar-refractivity contribution in [1.82, 2.24) is 14.5 Å². The Labute approximate surface area is 154 Å². The Morgan fingerprint density at radius 1 is 1.23 bits per heavy atom. The van der Waals surface area contributed by atoms with E-state index in [1.165, 1.54) is 10.1 Å². The fourth-order valence-electron chi connectivity index (χ4n) is 2.85. The van der Waals surface area contributed by atoms with E-state index in [2.05, 4.69) is 22.5 Å². The average molecular weight is 363 g/mol. The first-order valence-corrected chi connectivity index (χ1v) is 9.24. The molecule has 0 aliphatic carbocycles. The van der Waals surface area contributed by atoms with Crippen LogP contribution in [0.25, 0.3) is 27.2 Å². The van der Waals surface area contributed by atoms with Crippen LogP contribution >= 0.6 is 11.3 Å². The summed E-state index contributed by atoms with van der Waals surface area (Å²) < 4.78 is 8.10. The van der Waals surface area contributed by atoms with Crippen molar-refractivity contribution in [3.8, 4) is 17.1 Å². The lowest BCUT2D eigenvalue weighted by Gasteiger charge is -2.04. The summed E-state index contributed by atoms with van der Waals surface area (Å²) in [5.41, 5.74) is 2.80. The highest BCUT2D eigenvalue weighted by Gasteiger charge is 2.10. The molecule has 0 spiro atoms. The topological polar surface area (TPSA) is 57.0 Å². The molecule has 0 bridgehead atoms. The second-order valence-electron chi connectivity index (χ2n) is 5.82. The number of ether oxygens (including phenoxy) is 1. The molecule has 3 aromatic heterocycles. The molecule has 0 amide bonds. The van der Waals surface area contributed by atoms with Crippen LogP contribution in [-0.4, -0.2) is 27.1 Å². The maximum Gasteiger partial charge on any atom is 0.310 e. The van der Waals surface area contributed by atoms with Crippen molar-refractivity contribution in [1.29, 1.82) is 0 Å². The van der Waals surface area contributed by atoms with Gasteiger partial charge in [0.15, 0.2) is 5.82 Å². The van der Waals surface area contributed by atoms with Gasteiger partial charge in [0, 0.05) is 33.4 Å². The molecular formula is C20H17N3O2S. The van der Waals surface area contributed by atoms with E-state index in [4.69, 9.17) is 9.72 Å². The van der Waals surface area contributed by atoms with E-state index in [9.17, 15) is 4.79 Å². The lowest BCUT2D eigenvalue weighted by atomic mass is 10.1. The second-order valence-corrected chi connectivity index (χ2v) is 6.73. The summed E-state index contributed by atoms with van der Waals surface area (Å²) in [5.74, 6) is 0.489. The van der Waals surface area contributed by atoms with E-state index in [0.29, 0.717) is 12.4 Å². The van der Waals surface area contributed by atoms with Crippen LogP contribution < -0.4 is 0 Å². The zero-order chi connectivity index (χ0) is 17.9. The van der Waals surface area contributed by atoms with Gasteiger partial charge in [0.05, 0.1) is 31.1 Å². The number of carbonyl (C=O) groups excluding carboxylic acids is 1. The lowest BCUT2D eigenvalue weighted by molar-refractivity contribution is -0.142. The minimum Gasteiger partial charge on any atom is -0.466 e. The van der Waals surface area contributed by atoms with Crippen molar-refractivity contribution in [2.24, 2.45) is 0 Å². The van der Waals surface area contributed by atoms with Crippen molar-refractivity contribution in [2.75, 3.05) is 6.61 Å².